The van der Waals surface area contributed by atoms with Crippen molar-refractivity contribution in [1.82, 2.24) is 5.32 Å². The van der Waals surface area contributed by atoms with Gasteiger partial charge in [0.15, 0.2) is 0 Å². The van der Waals surface area contributed by atoms with Gasteiger partial charge in [0.25, 0.3) is 0 Å². The largest absolute Gasteiger partial charge is 0.394 e. The summed E-state index contributed by atoms with van der Waals surface area (Å²) in [5.74, 6) is 0.795. The first-order chi connectivity index (χ1) is 11.0. The molecular formula is C18H29N3O2. The average Bonchev–Trinajstić information content (AvgIpc) is 2.55. The Balaban J connectivity index is 1.98. The highest BCUT2D eigenvalue weighted by Gasteiger charge is 2.23. The van der Waals surface area contributed by atoms with Crippen molar-refractivity contribution < 1.29 is 9.90 Å². The third-order valence-corrected chi connectivity index (χ3v) is 4.80. The standard InChI is InChI=1S/C18H29N3O2/c1-4-18(3,13-22)20-17(23)19-15-6-5-7-16(12-15)21-10-8-14(2)9-11-21/h5-7,12,14,22H,4,8-11,13H2,1-3H3,(H2,19,20,23). The molecule has 23 heavy (non-hydrogen) atoms. The van der Waals surface area contributed by atoms with Gasteiger partial charge < -0.3 is 20.6 Å². The summed E-state index contributed by atoms with van der Waals surface area (Å²) in [7, 11) is 0. The minimum absolute atomic E-state index is 0.0804. The van der Waals surface area contributed by atoms with Gasteiger partial charge in [-0.05, 0) is 50.3 Å². The minimum atomic E-state index is -0.593. The smallest absolute Gasteiger partial charge is 0.319 e. The Morgan fingerprint density at radius 3 is 2.70 bits per heavy atom. The quantitative estimate of drug-likeness (QED) is 0.781. The molecule has 5 heteroatoms. The number of aliphatic hydroxyl groups excluding tert-OH is 1. The fourth-order valence-electron chi connectivity index (χ4n) is 2.72. The van der Waals surface area contributed by atoms with Crippen molar-refractivity contribution >= 4 is 17.4 Å². The third-order valence-electron chi connectivity index (χ3n) is 4.80. The second-order valence-corrected chi connectivity index (χ2v) is 6.87. The van der Waals surface area contributed by atoms with Crippen LogP contribution < -0.4 is 15.5 Å². The van der Waals surface area contributed by atoms with Gasteiger partial charge in [-0.25, -0.2) is 4.79 Å². The summed E-state index contributed by atoms with van der Waals surface area (Å²) in [5.41, 5.74) is 1.33. The van der Waals surface area contributed by atoms with Crippen LogP contribution in [0.1, 0.15) is 40.0 Å². The molecule has 2 rings (SSSR count). The van der Waals surface area contributed by atoms with E-state index in [9.17, 15) is 9.90 Å². The van der Waals surface area contributed by atoms with Crippen molar-refractivity contribution in [2.75, 3.05) is 29.9 Å². The van der Waals surface area contributed by atoms with Crippen molar-refractivity contribution in [3.05, 3.63) is 24.3 Å². The van der Waals surface area contributed by atoms with Gasteiger partial charge in [-0.15, -0.1) is 0 Å². The molecule has 0 spiro atoms. The van der Waals surface area contributed by atoms with Gasteiger partial charge in [-0.2, -0.15) is 0 Å². The number of piperidine rings is 1. The van der Waals surface area contributed by atoms with E-state index in [-0.39, 0.29) is 12.6 Å². The molecule has 1 aromatic carbocycles. The van der Waals surface area contributed by atoms with Crippen LogP contribution >= 0.6 is 0 Å². The fraction of sp³-hybridized carbons (Fsp3) is 0.611. The van der Waals surface area contributed by atoms with E-state index >= 15 is 0 Å². The van der Waals surface area contributed by atoms with E-state index in [1.54, 1.807) is 0 Å². The SMILES string of the molecule is CCC(C)(CO)NC(=O)Nc1cccc(N2CCC(C)CC2)c1. The van der Waals surface area contributed by atoms with Crippen molar-refractivity contribution in [2.45, 2.75) is 45.6 Å². The monoisotopic (exact) mass is 319 g/mol. The van der Waals surface area contributed by atoms with Gasteiger partial charge in [-0.1, -0.05) is 19.9 Å². The molecule has 5 nitrogen and oxygen atoms in total. The number of hydrogen-bond donors (Lipinski definition) is 3. The van der Waals surface area contributed by atoms with Gasteiger partial charge in [-0.3, -0.25) is 0 Å². The van der Waals surface area contributed by atoms with Crippen LogP contribution in [-0.4, -0.2) is 36.4 Å². The van der Waals surface area contributed by atoms with Crippen LogP contribution in [0.15, 0.2) is 24.3 Å². The molecule has 128 valence electrons. The van der Waals surface area contributed by atoms with Crippen molar-refractivity contribution in [3.8, 4) is 0 Å². The second kappa shape index (κ2) is 7.68. The maximum absolute atomic E-state index is 12.1. The van der Waals surface area contributed by atoms with Crippen LogP contribution in [0.2, 0.25) is 0 Å². The van der Waals surface area contributed by atoms with Gasteiger partial charge >= 0.3 is 6.03 Å². The van der Waals surface area contributed by atoms with Crippen molar-refractivity contribution in [2.24, 2.45) is 5.92 Å². The molecule has 0 aliphatic carbocycles. The summed E-state index contributed by atoms with van der Waals surface area (Å²) in [6.07, 6.45) is 3.09. The van der Waals surface area contributed by atoms with Gasteiger partial charge in [0.1, 0.15) is 0 Å². The maximum atomic E-state index is 12.1. The van der Waals surface area contributed by atoms with Crippen LogP contribution in [0.3, 0.4) is 0 Å². The summed E-state index contributed by atoms with van der Waals surface area (Å²) in [6, 6.07) is 7.67. The lowest BCUT2D eigenvalue weighted by Crippen LogP contribution is -2.50. The molecule has 0 aromatic heterocycles. The first-order valence-electron chi connectivity index (χ1n) is 8.51. The number of nitrogens with one attached hydrogen (secondary N) is 2. The normalized spacial score (nSPS) is 18.3. The third kappa shape index (κ3) is 4.86. The number of carbonyl (C=O) groups excluding carboxylic acids is 1. The highest BCUT2D eigenvalue weighted by molar-refractivity contribution is 5.90. The Morgan fingerprint density at radius 1 is 1.39 bits per heavy atom. The summed E-state index contributed by atoms with van der Waals surface area (Å²) >= 11 is 0. The van der Waals surface area contributed by atoms with E-state index in [0.717, 1.165) is 30.4 Å². The van der Waals surface area contributed by atoms with Crippen LogP contribution in [0.25, 0.3) is 0 Å². The van der Waals surface area contributed by atoms with E-state index in [0.29, 0.717) is 6.42 Å². The summed E-state index contributed by atoms with van der Waals surface area (Å²) in [5, 5.41) is 15.1. The Bertz CT molecular complexity index is 521. The number of carbonyl (C=O) groups is 1. The molecule has 1 aliphatic rings. The number of hydrogen-bond acceptors (Lipinski definition) is 3. The van der Waals surface area contributed by atoms with Crippen LogP contribution in [0.5, 0.6) is 0 Å². The second-order valence-electron chi connectivity index (χ2n) is 6.87. The van der Waals surface area contributed by atoms with Gasteiger partial charge in [0.05, 0.1) is 12.1 Å². The first kappa shape index (κ1) is 17.6. The van der Waals surface area contributed by atoms with Crippen molar-refractivity contribution in [1.29, 1.82) is 0 Å². The number of anilines is 2. The maximum Gasteiger partial charge on any atom is 0.319 e. The van der Waals surface area contributed by atoms with E-state index in [4.69, 9.17) is 0 Å². The van der Waals surface area contributed by atoms with E-state index < -0.39 is 5.54 Å². The Labute approximate surface area is 139 Å². The van der Waals surface area contributed by atoms with E-state index in [1.807, 2.05) is 32.0 Å². The molecule has 1 unspecified atom stereocenters. The van der Waals surface area contributed by atoms with Crippen LogP contribution in [0.4, 0.5) is 16.2 Å². The van der Waals surface area contributed by atoms with Gasteiger partial charge in [0, 0.05) is 24.5 Å². The predicted molar refractivity (Wildman–Crippen MR) is 95.0 cm³/mol. The van der Waals surface area contributed by atoms with E-state index in [1.165, 1.54) is 12.8 Å². The highest BCUT2D eigenvalue weighted by Crippen LogP contribution is 2.25. The molecule has 1 aromatic rings. The molecule has 1 aliphatic heterocycles. The molecule has 1 saturated heterocycles. The highest BCUT2D eigenvalue weighted by atomic mass is 16.3. The minimum Gasteiger partial charge on any atom is -0.394 e. The molecular weight excluding hydrogens is 290 g/mol. The number of benzene rings is 1. The predicted octanol–water partition coefficient (Wildman–Crippen LogP) is 3.21. The first-order valence-corrected chi connectivity index (χ1v) is 8.51. The molecule has 0 saturated carbocycles. The summed E-state index contributed by atoms with van der Waals surface area (Å²) in [6.45, 7) is 8.12. The molecule has 1 heterocycles. The van der Waals surface area contributed by atoms with Gasteiger partial charge in [0.2, 0.25) is 0 Å². The molecule has 3 N–H and O–H groups in total. The lowest BCUT2D eigenvalue weighted by Gasteiger charge is -2.32. The zero-order chi connectivity index (χ0) is 16.9. The zero-order valence-corrected chi connectivity index (χ0v) is 14.4. The lowest BCUT2D eigenvalue weighted by atomic mass is 9.99. The van der Waals surface area contributed by atoms with E-state index in [2.05, 4.69) is 28.5 Å². The number of rotatable bonds is 5. The molecule has 1 atom stereocenters. The lowest BCUT2D eigenvalue weighted by molar-refractivity contribution is 0.172. The fourth-order valence-corrected chi connectivity index (χ4v) is 2.72. The summed E-state index contributed by atoms with van der Waals surface area (Å²) in [4.78, 5) is 14.5. The number of nitrogens with zero attached hydrogens (tertiary/aromatic N) is 1. The topological polar surface area (TPSA) is 64.6 Å². The van der Waals surface area contributed by atoms with Crippen molar-refractivity contribution in [3.63, 3.8) is 0 Å². The summed E-state index contributed by atoms with van der Waals surface area (Å²) < 4.78 is 0. The Hall–Kier alpha value is -1.75. The number of amides is 2. The molecule has 0 bridgehead atoms. The molecule has 2 amide bonds. The molecule has 0 radical (unpaired) electrons. The van der Waals surface area contributed by atoms with Crippen LogP contribution in [0, 0.1) is 5.92 Å². The Kier molecular flexibility index (Phi) is 5.88. The Morgan fingerprint density at radius 2 is 2.09 bits per heavy atom. The number of urea groups is 1. The zero-order valence-electron chi connectivity index (χ0n) is 14.4. The molecule has 1 fully saturated rings. The number of aliphatic hydroxyl groups is 1. The average molecular weight is 319 g/mol. The van der Waals surface area contributed by atoms with Crippen LogP contribution in [-0.2, 0) is 0 Å².